The predicted molar refractivity (Wildman–Crippen MR) is 119 cm³/mol. The highest BCUT2D eigenvalue weighted by Crippen LogP contribution is 2.33. The average Bonchev–Trinajstić information content (AvgIpc) is 2.81. The SMILES string of the molecule is c1ccc(NC2CCC(Oc3cc(N4CCOCC4)cc4nccnc34)CC2)cc1. The summed E-state index contributed by atoms with van der Waals surface area (Å²) in [6, 6.07) is 15.2. The third kappa shape index (κ3) is 4.33. The van der Waals surface area contributed by atoms with Crippen LogP contribution in [0.25, 0.3) is 11.0 Å². The van der Waals surface area contributed by atoms with E-state index in [0.717, 1.165) is 74.5 Å². The number of benzene rings is 2. The fraction of sp³-hybridized carbons (Fsp3) is 0.417. The Balaban J connectivity index is 1.29. The smallest absolute Gasteiger partial charge is 0.149 e. The van der Waals surface area contributed by atoms with Crippen LogP contribution in [0.3, 0.4) is 0 Å². The number of anilines is 2. The van der Waals surface area contributed by atoms with Crippen molar-refractivity contribution in [3.63, 3.8) is 0 Å². The molecule has 6 heteroatoms. The number of morpholine rings is 1. The molecule has 2 heterocycles. The van der Waals surface area contributed by atoms with Crippen molar-refractivity contribution in [2.24, 2.45) is 0 Å². The molecule has 6 nitrogen and oxygen atoms in total. The van der Waals surface area contributed by atoms with E-state index in [1.165, 1.54) is 5.69 Å². The summed E-state index contributed by atoms with van der Waals surface area (Å²) in [7, 11) is 0. The lowest BCUT2D eigenvalue weighted by atomic mass is 9.92. The van der Waals surface area contributed by atoms with Gasteiger partial charge in [0.05, 0.1) is 24.8 Å². The van der Waals surface area contributed by atoms with Crippen molar-refractivity contribution in [2.75, 3.05) is 36.5 Å². The van der Waals surface area contributed by atoms with Gasteiger partial charge in [-0.2, -0.15) is 0 Å². The lowest BCUT2D eigenvalue weighted by Gasteiger charge is -2.31. The van der Waals surface area contributed by atoms with Crippen LogP contribution >= 0.6 is 0 Å². The first-order valence-electron chi connectivity index (χ1n) is 10.9. The number of nitrogens with zero attached hydrogens (tertiary/aromatic N) is 3. The topological polar surface area (TPSA) is 59.5 Å². The van der Waals surface area contributed by atoms with Gasteiger partial charge in [-0.3, -0.25) is 4.98 Å². The number of hydrogen-bond donors (Lipinski definition) is 1. The number of aromatic nitrogens is 2. The summed E-state index contributed by atoms with van der Waals surface area (Å²) < 4.78 is 12.0. The molecule has 0 spiro atoms. The highest BCUT2D eigenvalue weighted by atomic mass is 16.5. The van der Waals surface area contributed by atoms with E-state index in [9.17, 15) is 0 Å². The molecule has 2 fully saturated rings. The fourth-order valence-electron chi connectivity index (χ4n) is 4.40. The standard InChI is InChI=1S/C24H28N4O2/c1-2-4-18(5-3-1)27-19-6-8-21(9-7-19)30-23-17-20(28-12-14-29-15-13-28)16-22-24(23)26-11-10-25-22/h1-5,10-11,16-17,19,21,27H,6-9,12-15H2. The molecule has 3 aromatic rings. The molecule has 0 atom stereocenters. The Morgan fingerprint density at radius 3 is 2.50 bits per heavy atom. The van der Waals surface area contributed by atoms with Gasteiger partial charge >= 0.3 is 0 Å². The molecule has 1 saturated heterocycles. The largest absolute Gasteiger partial charge is 0.488 e. The minimum Gasteiger partial charge on any atom is -0.488 e. The van der Waals surface area contributed by atoms with Crippen LogP contribution in [0.1, 0.15) is 25.7 Å². The number of nitrogens with one attached hydrogen (secondary N) is 1. The molecule has 0 unspecified atom stereocenters. The number of para-hydroxylation sites is 1. The van der Waals surface area contributed by atoms with Crippen LogP contribution in [0.4, 0.5) is 11.4 Å². The van der Waals surface area contributed by atoms with Crippen molar-refractivity contribution >= 4 is 22.4 Å². The number of fused-ring (bicyclic) bond motifs is 1. The third-order valence-electron chi connectivity index (χ3n) is 6.01. The predicted octanol–water partition coefficient (Wildman–Crippen LogP) is 4.27. The van der Waals surface area contributed by atoms with Gasteiger partial charge in [-0.15, -0.1) is 0 Å². The summed E-state index contributed by atoms with van der Waals surface area (Å²) in [5, 5.41) is 3.65. The Morgan fingerprint density at radius 2 is 1.70 bits per heavy atom. The van der Waals surface area contributed by atoms with Gasteiger partial charge in [0.1, 0.15) is 11.3 Å². The van der Waals surface area contributed by atoms with Crippen LogP contribution < -0.4 is 15.0 Å². The molecule has 0 radical (unpaired) electrons. The first-order chi connectivity index (χ1) is 14.8. The Hall–Kier alpha value is -2.86. The van der Waals surface area contributed by atoms with Crippen molar-refractivity contribution in [1.29, 1.82) is 0 Å². The molecular formula is C24H28N4O2. The van der Waals surface area contributed by atoms with Crippen LogP contribution in [0.5, 0.6) is 5.75 Å². The van der Waals surface area contributed by atoms with Crippen molar-refractivity contribution in [3.8, 4) is 5.75 Å². The van der Waals surface area contributed by atoms with Crippen LogP contribution in [0.15, 0.2) is 54.9 Å². The van der Waals surface area contributed by atoms with E-state index >= 15 is 0 Å². The average molecular weight is 405 g/mol. The van der Waals surface area contributed by atoms with Gasteiger partial charge in [0.25, 0.3) is 0 Å². The maximum atomic E-state index is 6.51. The maximum absolute atomic E-state index is 6.51. The van der Waals surface area contributed by atoms with E-state index in [0.29, 0.717) is 6.04 Å². The van der Waals surface area contributed by atoms with E-state index < -0.39 is 0 Å². The van der Waals surface area contributed by atoms with Gasteiger partial charge in [0, 0.05) is 49.0 Å². The molecule has 1 saturated carbocycles. The molecule has 1 N–H and O–H groups in total. The quantitative estimate of drug-likeness (QED) is 0.685. The van der Waals surface area contributed by atoms with Crippen molar-refractivity contribution in [2.45, 2.75) is 37.8 Å². The molecular weight excluding hydrogens is 376 g/mol. The molecule has 30 heavy (non-hydrogen) atoms. The monoisotopic (exact) mass is 404 g/mol. The molecule has 1 aliphatic heterocycles. The summed E-state index contributed by atoms with van der Waals surface area (Å²) in [4.78, 5) is 11.4. The first kappa shape index (κ1) is 19.1. The summed E-state index contributed by atoms with van der Waals surface area (Å²) >= 11 is 0. The van der Waals surface area contributed by atoms with E-state index in [2.05, 4.69) is 56.6 Å². The zero-order chi connectivity index (χ0) is 20.2. The maximum Gasteiger partial charge on any atom is 0.149 e. The Morgan fingerprint density at radius 1 is 0.933 bits per heavy atom. The van der Waals surface area contributed by atoms with Crippen molar-refractivity contribution in [1.82, 2.24) is 9.97 Å². The zero-order valence-corrected chi connectivity index (χ0v) is 17.2. The molecule has 2 aliphatic rings. The van der Waals surface area contributed by atoms with Gasteiger partial charge in [0.2, 0.25) is 0 Å². The Labute approximate surface area is 177 Å². The lowest BCUT2D eigenvalue weighted by molar-refractivity contribution is 0.122. The molecule has 0 bridgehead atoms. The summed E-state index contributed by atoms with van der Waals surface area (Å²) in [6.45, 7) is 3.29. The van der Waals surface area contributed by atoms with Crippen LogP contribution in [-0.4, -0.2) is 48.4 Å². The Bertz CT molecular complexity index is 967. The van der Waals surface area contributed by atoms with E-state index in [4.69, 9.17) is 9.47 Å². The second-order valence-electron chi connectivity index (χ2n) is 8.07. The highest BCUT2D eigenvalue weighted by molar-refractivity contribution is 5.85. The van der Waals surface area contributed by atoms with E-state index in [1.54, 1.807) is 12.4 Å². The second-order valence-corrected chi connectivity index (χ2v) is 8.07. The molecule has 0 amide bonds. The van der Waals surface area contributed by atoms with Crippen LogP contribution in [0, 0.1) is 0 Å². The third-order valence-corrected chi connectivity index (χ3v) is 6.01. The summed E-state index contributed by atoms with van der Waals surface area (Å²) in [6.07, 6.45) is 7.98. The Kier molecular flexibility index (Phi) is 5.66. The number of ether oxygens (including phenoxy) is 2. The summed E-state index contributed by atoms with van der Waals surface area (Å²) in [5.74, 6) is 0.849. The van der Waals surface area contributed by atoms with E-state index in [1.807, 2.05) is 6.07 Å². The minimum absolute atomic E-state index is 0.212. The van der Waals surface area contributed by atoms with Crippen LogP contribution in [0.2, 0.25) is 0 Å². The fourth-order valence-corrected chi connectivity index (χ4v) is 4.40. The lowest BCUT2D eigenvalue weighted by Crippen LogP contribution is -2.36. The number of rotatable bonds is 5. The molecule has 1 aromatic heterocycles. The zero-order valence-electron chi connectivity index (χ0n) is 17.2. The molecule has 2 aromatic carbocycles. The van der Waals surface area contributed by atoms with Gasteiger partial charge < -0.3 is 19.7 Å². The minimum atomic E-state index is 0.212. The number of hydrogen-bond acceptors (Lipinski definition) is 6. The van der Waals surface area contributed by atoms with Gasteiger partial charge in [-0.1, -0.05) is 18.2 Å². The van der Waals surface area contributed by atoms with Gasteiger partial charge in [-0.05, 0) is 43.9 Å². The molecule has 1 aliphatic carbocycles. The van der Waals surface area contributed by atoms with Crippen molar-refractivity contribution < 1.29 is 9.47 Å². The van der Waals surface area contributed by atoms with E-state index in [-0.39, 0.29) is 6.10 Å². The van der Waals surface area contributed by atoms with Gasteiger partial charge in [0.15, 0.2) is 0 Å². The van der Waals surface area contributed by atoms with Gasteiger partial charge in [-0.25, -0.2) is 4.98 Å². The highest BCUT2D eigenvalue weighted by Gasteiger charge is 2.24. The summed E-state index contributed by atoms with van der Waals surface area (Å²) in [5.41, 5.74) is 4.07. The second kappa shape index (κ2) is 8.88. The van der Waals surface area contributed by atoms with Crippen LogP contribution in [-0.2, 0) is 4.74 Å². The first-order valence-corrected chi connectivity index (χ1v) is 10.9. The molecule has 5 rings (SSSR count). The van der Waals surface area contributed by atoms with Crippen molar-refractivity contribution in [3.05, 3.63) is 54.9 Å². The normalized spacial score (nSPS) is 22.1. The molecule has 156 valence electrons.